The quantitative estimate of drug-likeness (QED) is 0.410. The van der Waals surface area contributed by atoms with E-state index < -0.39 is 5.97 Å². The van der Waals surface area contributed by atoms with Gasteiger partial charge in [-0.2, -0.15) is 11.8 Å². The molecule has 0 unspecified atom stereocenters. The van der Waals surface area contributed by atoms with Crippen molar-refractivity contribution in [3.8, 4) is 0 Å². The largest absolute Gasteiger partial charge is 0.465 e. The third-order valence-corrected chi connectivity index (χ3v) is 6.30. The van der Waals surface area contributed by atoms with Crippen LogP contribution in [0.15, 0.2) is 54.6 Å². The number of carbonyl (C=O) groups excluding carboxylic acids is 2. The van der Waals surface area contributed by atoms with Crippen molar-refractivity contribution in [1.82, 2.24) is 0 Å². The number of thioether (sulfide) groups is 1. The van der Waals surface area contributed by atoms with Crippen LogP contribution in [-0.2, 0) is 15.3 Å². The molecule has 1 amide bonds. The third kappa shape index (κ3) is 5.11. The molecule has 1 heterocycles. The van der Waals surface area contributed by atoms with Crippen LogP contribution in [0.2, 0.25) is 0 Å². The summed E-state index contributed by atoms with van der Waals surface area (Å²) in [6.07, 6.45) is 1.21. The van der Waals surface area contributed by atoms with E-state index >= 15 is 0 Å². The molecule has 27 heavy (non-hydrogen) atoms. The van der Waals surface area contributed by atoms with Gasteiger partial charge in [-0.15, -0.1) is 11.3 Å². The van der Waals surface area contributed by atoms with Gasteiger partial charge in [-0.1, -0.05) is 48.5 Å². The van der Waals surface area contributed by atoms with Crippen molar-refractivity contribution in [2.24, 2.45) is 0 Å². The van der Waals surface area contributed by atoms with Crippen molar-refractivity contribution < 1.29 is 14.3 Å². The lowest BCUT2D eigenvalue weighted by Gasteiger charge is -2.07. The van der Waals surface area contributed by atoms with E-state index in [9.17, 15) is 9.59 Å². The van der Waals surface area contributed by atoms with Crippen LogP contribution in [0.4, 0.5) is 5.69 Å². The number of anilines is 1. The average molecular weight is 400 g/mol. The highest BCUT2D eigenvalue weighted by Gasteiger charge is 2.20. The van der Waals surface area contributed by atoms with Gasteiger partial charge >= 0.3 is 5.97 Å². The lowest BCUT2D eigenvalue weighted by Crippen LogP contribution is -2.14. The molecule has 0 spiro atoms. The number of thiophene rings is 1. The number of benzene rings is 2. The zero-order chi connectivity index (χ0) is 19.1. The number of esters is 1. The average Bonchev–Trinajstić information content (AvgIpc) is 3.06. The predicted molar refractivity (Wildman–Crippen MR) is 114 cm³/mol. The highest BCUT2D eigenvalue weighted by atomic mass is 32.2. The van der Waals surface area contributed by atoms with Crippen LogP contribution in [0.5, 0.6) is 0 Å². The standard InChI is InChI=1S/C21H21NO3S2/c1-25-21(24)20-19(16-10-5-6-11-17(16)27-20)22-18(23)12-7-13-26-14-15-8-3-2-4-9-15/h2-6,8-11H,7,12-14H2,1H3,(H,22,23). The number of methoxy groups -OCH3 is 1. The first-order valence-corrected chi connectivity index (χ1v) is 10.7. The number of amides is 1. The Morgan fingerprint density at radius 3 is 2.59 bits per heavy atom. The maximum absolute atomic E-state index is 12.4. The summed E-state index contributed by atoms with van der Waals surface area (Å²) in [6, 6.07) is 17.9. The molecule has 3 aromatic rings. The Morgan fingerprint density at radius 1 is 1.07 bits per heavy atom. The summed E-state index contributed by atoms with van der Waals surface area (Å²) in [4.78, 5) is 24.9. The van der Waals surface area contributed by atoms with Gasteiger partial charge in [0.2, 0.25) is 5.91 Å². The molecule has 140 valence electrons. The number of hydrogen-bond donors (Lipinski definition) is 1. The van der Waals surface area contributed by atoms with E-state index in [4.69, 9.17) is 4.74 Å². The first-order chi connectivity index (χ1) is 13.2. The number of ether oxygens (including phenoxy) is 1. The topological polar surface area (TPSA) is 55.4 Å². The Morgan fingerprint density at radius 2 is 1.81 bits per heavy atom. The number of nitrogens with one attached hydrogen (secondary N) is 1. The molecule has 1 N–H and O–H groups in total. The molecule has 0 radical (unpaired) electrons. The van der Waals surface area contributed by atoms with Crippen LogP contribution in [0, 0.1) is 0 Å². The van der Waals surface area contributed by atoms with Gasteiger partial charge in [0.15, 0.2) is 0 Å². The van der Waals surface area contributed by atoms with E-state index in [0.29, 0.717) is 17.0 Å². The minimum absolute atomic E-state index is 0.0796. The number of rotatable bonds is 8. The van der Waals surface area contributed by atoms with Crippen molar-refractivity contribution in [3.05, 3.63) is 65.0 Å². The summed E-state index contributed by atoms with van der Waals surface area (Å²) < 4.78 is 5.81. The van der Waals surface area contributed by atoms with Crippen molar-refractivity contribution in [1.29, 1.82) is 0 Å². The summed E-state index contributed by atoms with van der Waals surface area (Å²) in [5, 5.41) is 3.79. The Labute approximate surface area is 166 Å². The minimum Gasteiger partial charge on any atom is -0.465 e. The molecule has 0 fully saturated rings. The fourth-order valence-corrected chi connectivity index (χ4v) is 4.70. The van der Waals surface area contributed by atoms with Crippen LogP contribution in [0.25, 0.3) is 10.1 Å². The van der Waals surface area contributed by atoms with Crippen molar-refractivity contribution in [2.75, 3.05) is 18.2 Å². The fourth-order valence-electron chi connectivity index (χ4n) is 2.71. The molecule has 0 saturated carbocycles. The smallest absolute Gasteiger partial charge is 0.350 e. The first kappa shape index (κ1) is 19.5. The van der Waals surface area contributed by atoms with Crippen LogP contribution in [-0.4, -0.2) is 24.7 Å². The molecule has 0 aliphatic rings. The molecular weight excluding hydrogens is 378 g/mol. The molecule has 0 aliphatic carbocycles. The Hall–Kier alpha value is -2.31. The van der Waals surface area contributed by atoms with Crippen molar-refractivity contribution >= 4 is 50.7 Å². The van der Waals surface area contributed by atoms with Crippen LogP contribution in [0.1, 0.15) is 28.1 Å². The Kier molecular flexibility index (Phi) is 6.90. The van der Waals surface area contributed by atoms with Crippen molar-refractivity contribution in [2.45, 2.75) is 18.6 Å². The van der Waals surface area contributed by atoms with Gasteiger partial charge in [-0.05, 0) is 23.8 Å². The molecule has 6 heteroatoms. The van der Waals surface area contributed by atoms with Crippen LogP contribution in [0.3, 0.4) is 0 Å². The van der Waals surface area contributed by atoms with E-state index in [2.05, 4.69) is 17.4 Å². The molecule has 0 bridgehead atoms. The summed E-state index contributed by atoms with van der Waals surface area (Å²) >= 11 is 3.15. The normalized spacial score (nSPS) is 10.7. The van der Waals surface area contributed by atoms with Gasteiger partial charge in [0.25, 0.3) is 0 Å². The summed E-state index contributed by atoms with van der Waals surface area (Å²) in [7, 11) is 1.35. The fraction of sp³-hybridized carbons (Fsp3) is 0.238. The lowest BCUT2D eigenvalue weighted by molar-refractivity contribution is -0.116. The number of fused-ring (bicyclic) bond motifs is 1. The molecule has 3 rings (SSSR count). The highest BCUT2D eigenvalue weighted by Crippen LogP contribution is 2.36. The van der Waals surface area contributed by atoms with E-state index in [1.165, 1.54) is 24.0 Å². The van der Waals surface area contributed by atoms with Gasteiger partial charge in [0.05, 0.1) is 12.8 Å². The Bertz CT molecular complexity index is 922. The molecule has 0 aliphatic heterocycles. The molecule has 0 atom stereocenters. The van der Waals surface area contributed by atoms with Gasteiger partial charge in [-0.25, -0.2) is 4.79 Å². The SMILES string of the molecule is COC(=O)c1sc2ccccc2c1NC(=O)CCCSCc1ccccc1. The van der Waals surface area contributed by atoms with E-state index in [0.717, 1.165) is 28.0 Å². The van der Waals surface area contributed by atoms with E-state index in [1.54, 1.807) is 0 Å². The second-order valence-corrected chi connectivity index (χ2v) is 8.14. The second kappa shape index (κ2) is 9.58. The summed E-state index contributed by atoms with van der Waals surface area (Å²) in [5.74, 6) is 1.36. The third-order valence-electron chi connectivity index (χ3n) is 4.03. The zero-order valence-corrected chi connectivity index (χ0v) is 16.7. The van der Waals surface area contributed by atoms with E-state index in [1.807, 2.05) is 54.2 Å². The number of carbonyl (C=O) groups is 2. The van der Waals surface area contributed by atoms with Crippen LogP contribution >= 0.6 is 23.1 Å². The highest BCUT2D eigenvalue weighted by molar-refractivity contribution is 7.98. The summed E-state index contributed by atoms with van der Waals surface area (Å²) in [6.45, 7) is 0. The lowest BCUT2D eigenvalue weighted by atomic mass is 10.2. The molecule has 4 nitrogen and oxygen atoms in total. The second-order valence-electron chi connectivity index (χ2n) is 5.98. The summed E-state index contributed by atoms with van der Waals surface area (Å²) in [5.41, 5.74) is 1.85. The monoisotopic (exact) mass is 399 g/mol. The van der Waals surface area contributed by atoms with Gasteiger partial charge in [0, 0.05) is 22.3 Å². The van der Waals surface area contributed by atoms with Gasteiger partial charge in [-0.3, -0.25) is 4.79 Å². The van der Waals surface area contributed by atoms with E-state index in [-0.39, 0.29) is 5.91 Å². The molecule has 0 saturated heterocycles. The Balaban J connectivity index is 1.55. The molecule has 2 aromatic carbocycles. The maximum Gasteiger partial charge on any atom is 0.350 e. The molecular formula is C21H21NO3S2. The first-order valence-electron chi connectivity index (χ1n) is 8.70. The maximum atomic E-state index is 12.4. The minimum atomic E-state index is -0.426. The number of hydrogen-bond acceptors (Lipinski definition) is 5. The van der Waals surface area contributed by atoms with Crippen LogP contribution < -0.4 is 5.32 Å². The van der Waals surface area contributed by atoms with Gasteiger partial charge in [0.1, 0.15) is 4.88 Å². The zero-order valence-electron chi connectivity index (χ0n) is 15.1. The van der Waals surface area contributed by atoms with Gasteiger partial charge < -0.3 is 10.1 Å². The molecule has 1 aromatic heterocycles. The predicted octanol–water partition coefficient (Wildman–Crippen LogP) is 5.34. The van der Waals surface area contributed by atoms with Crippen molar-refractivity contribution in [3.63, 3.8) is 0 Å².